The molecule has 0 bridgehead atoms. The molecular weight excluding hydrogens is 336 g/mol. The van der Waals surface area contributed by atoms with E-state index in [-0.39, 0.29) is 9.92 Å². The largest absolute Gasteiger partial charge is 0.234 e. The zero-order chi connectivity index (χ0) is 17.4. The molecule has 6 nitrogen and oxygen atoms in total. The summed E-state index contributed by atoms with van der Waals surface area (Å²) in [7, 11) is -3.69. The molecule has 1 aromatic carbocycles. The van der Waals surface area contributed by atoms with Gasteiger partial charge in [-0.05, 0) is 43.3 Å². The highest BCUT2D eigenvalue weighted by molar-refractivity contribution is 7.91. The van der Waals surface area contributed by atoms with Crippen LogP contribution in [0.3, 0.4) is 0 Å². The minimum Gasteiger partial charge on any atom is -0.234 e. The van der Waals surface area contributed by atoms with E-state index >= 15 is 0 Å². The Balaban J connectivity index is 1.83. The Bertz CT molecular complexity index is 1170. The molecule has 0 aliphatic heterocycles. The van der Waals surface area contributed by atoms with Crippen LogP contribution in [0.25, 0.3) is 16.9 Å². The summed E-state index contributed by atoms with van der Waals surface area (Å²) in [6.07, 6.45) is 1.78. The van der Waals surface area contributed by atoms with E-state index < -0.39 is 9.84 Å². The summed E-state index contributed by atoms with van der Waals surface area (Å²) in [5.41, 5.74) is 2.77. The summed E-state index contributed by atoms with van der Waals surface area (Å²) in [6.45, 7) is 1.91. The summed E-state index contributed by atoms with van der Waals surface area (Å²) in [4.78, 5) is 4.55. The van der Waals surface area contributed by atoms with Gasteiger partial charge in [0.2, 0.25) is 9.84 Å². The zero-order valence-electron chi connectivity index (χ0n) is 13.4. The molecular formula is C18H14N4O2S. The lowest BCUT2D eigenvalue weighted by atomic mass is 10.2. The van der Waals surface area contributed by atoms with E-state index in [1.165, 1.54) is 6.07 Å². The first-order valence-electron chi connectivity index (χ1n) is 7.65. The van der Waals surface area contributed by atoms with Gasteiger partial charge in [-0.2, -0.15) is 0 Å². The normalized spacial score (nSPS) is 11.7. The quantitative estimate of drug-likeness (QED) is 0.568. The molecule has 3 heterocycles. The number of rotatable bonds is 3. The number of benzene rings is 1. The SMILES string of the molecule is Cc1ccc(S(=O)(=O)c2cccc(-c3nnn4ccccc34)n2)cc1. The number of hydrogen-bond donors (Lipinski definition) is 0. The van der Waals surface area contributed by atoms with Gasteiger partial charge < -0.3 is 0 Å². The predicted molar refractivity (Wildman–Crippen MR) is 92.8 cm³/mol. The van der Waals surface area contributed by atoms with Gasteiger partial charge in [0, 0.05) is 6.20 Å². The number of aromatic nitrogens is 4. The fourth-order valence-electron chi connectivity index (χ4n) is 2.56. The molecule has 0 unspecified atom stereocenters. The van der Waals surface area contributed by atoms with E-state index in [9.17, 15) is 8.42 Å². The maximum absolute atomic E-state index is 12.8. The Labute approximate surface area is 144 Å². The second-order valence-electron chi connectivity index (χ2n) is 5.65. The average molecular weight is 350 g/mol. The molecule has 0 atom stereocenters. The van der Waals surface area contributed by atoms with Gasteiger partial charge in [0.05, 0.1) is 16.1 Å². The highest BCUT2D eigenvalue weighted by atomic mass is 32.2. The van der Waals surface area contributed by atoms with Gasteiger partial charge >= 0.3 is 0 Å². The van der Waals surface area contributed by atoms with E-state index in [1.54, 1.807) is 47.1 Å². The monoisotopic (exact) mass is 350 g/mol. The molecule has 25 heavy (non-hydrogen) atoms. The number of aryl methyl sites for hydroxylation is 1. The summed E-state index contributed by atoms with van der Waals surface area (Å²) < 4.78 is 27.3. The fraction of sp³-hybridized carbons (Fsp3) is 0.0556. The number of hydrogen-bond acceptors (Lipinski definition) is 5. The standard InChI is InChI=1S/C18H14N4O2S/c1-13-8-10-14(11-9-13)25(23,24)17-7-4-5-15(19-17)18-16-6-2-3-12-22(16)21-20-18/h2-12H,1H3. The van der Waals surface area contributed by atoms with Gasteiger partial charge in [0.25, 0.3) is 0 Å². The van der Waals surface area contributed by atoms with Crippen molar-refractivity contribution in [3.63, 3.8) is 0 Å². The third-order valence-corrected chi connectivity index (χ3v) is 5.57. The van der Waals surface area contributed by atoms with Gasteiger partial charge in [-0.3, -0.25) is 0 Å². The van der Waals surface area contributed by atoms with Gasteiger partial charge in [-0.1, -0.05) is 35.0 Å². The Hall–Kier alpha value is -3.06. The summed E-state index contributed by atoms with van der Waals surface area (Å²) >= 11 is 0. The van der Waals surface area contributed by atoms with Crippen molar-refractivity contribution in [2.24, 2.45) is 0 Å². The van der Waals surface area contributed by atoms with Crippen molar-refractivity contribution in [2.75, 3.05) is 0 Å². The van der Waals surface area contributed by atoms with Crippen molar-refractivity contribution >= 4 is 15.4 Å². The topological polar surface area (TPSA) is 77.2 Å². The van der Waals surface area contributed by atoms with Crippen LogP contribution in [0.5, 0.6) is 0 Å². The molecule has 0 aliphatic carbocycles. The lowest BCUT2D eigenvalue weighted by Gasteiger charge is -2.06. The van der Waals surface area contributed by atoms with Gasteiger partial charge in [0.1, 0.15) is 5.69 Å². The van der Waals surface area contributed by atoms with Crippen LogP contribution in [0.4, 0.5) is 0 Å². The van der Waals surface area contributed by atoms with E-state index in [2.05, 4.69) is 15.3 Å². The highest BCUT2D eigenvalue weighted by Crippen LogP contribution is 2.24. The van der Waals surface area contributed by atoms with E-state index in [0.29, 0.717) is 11.4 Å². The molecule has 0 radical (unpaired) electrons. The average Bonchev–Trinajstić information content (AvgIpc) is 3.06. The minimum atomic E-state index is -3.69. The van der Waals surface area contributed by atoms with Crippen LogP contribution in [0.1, 0.15) is 5.56 Å². The third kappa shape index (κ3) is 2.68. The third-order valence-electron chi connectivity index (χ3n) is 3.90. The van der Waals surface area contributed by atoms with Crippen LogP contribution in [-0.4, -0.2) is 28.2 Å². The molecule has 0 aliphatic rings. The molecule has 0 saturated heterocycles. The summed E-state index contributed by atoms with van der Waals surface area (Å²) in [5, 5.41) is 8.15. The first-order valence-corrected chi connectivity index (χ1v) is 9.13. The van der Waals surface area contributed by atoms with Crippen LogP contribution in [-0.2, 0) is 9.84 Å². The maximum Gasteiger partial charge on any atom is 0.223 e. The van der Waals surface area contributed by atoms with Gasteiger partial charge in [-0.25, -0.2) is 17.9 Å². The minimum absolute atomic E-state index is 0.00839. The zero-order valence-corrected chi connectivity index (χ0v) is 14.2. The van der Waals surface area contributed by atoms with Crippen molar-refractivity contribution in [1.82, 2.24) is 19.8 Å². The number of sulfone groups is 1. The Morgan fingerprint density at radius 2 is 1.72 bits per heavy atom. The first kappa shape index (κ1) is 15.5. The number of fused-ring (bicyclic) bond motifs is 1. The van der Waals surface area contributed by atoms with Gasteiger partial charge in [0.15, 0.2) is 5.03 Å². The molecule has 0 saturated carbocycles. The van der Waals surface area contributed by atoms with Crippen molar-refractivity contribution in [2.45, 2.75) is 16.8 Å². The van der Waals surface area contributed by atoms with Crippen molar-refractivity contribution in [3.05, 3.63) is 72.4 Å². The van der Waals surface area contributed by atoms with E-state index in [1.807, 2.05) is 25.1 Å². The summed E-state index contributed by atoms with van der Waals surface area (Å²) in [5.74, 6) is 0. The van der Waals surface area contributed by atoms with Crippen LogP contribution in [0.15, 0.2) is 76.8 Å². The number of pyridine rings is 2. The van der Waals surface area contributed by atoms with Crippen LogP contribution >= 0.6 is 0 Å². The predicted octanol–water partition coefficient (Wildman–Crippen LogP) is 2.93. The second-order valence-corrected chi connectivity index (χ2v) is 7.54. The molecule has 0 amide bonds. The van der Waals surface area contributed by atoms with E-state index in [0.717, 1.165) is 11.1 Å². The Kier molecular flexibility index (Phi) is 3.58. The van der Waals surface area contributed by atoms with Crippen LogP contribution in [0.2, 0.25) is 0 Å². The lowest BCUT2D eigenvalue weighted by Crippen LogP contribution is -2.05. The molecule has 4 rings (SSSR count). The fourth-order valence-corrected chi connectivity index (χ4v) is 3.77. The first-order chi connectivity index (χ1) is 12.1. The molecule has 3 aromatic heterocycles. The van der Waals surface area contributed by atoms with Gasteiger partial charge in [-0.15, -0.1) is 5.10 Å². The molecule has 0 N–H and O–H groups in total. The Morgan fingerprint density at radius 3 is 2.52 bits per heavy atom. The summed E-state index contributed by atoms with van der Waals surface area (Å²) in [6, 6.07) is 17.2. The Morgan fingerprint density at radius 1 is 0.920 bits per heavy atom. The van der Waals surface area contributed by atoms with Crippen molar-refractivity contribution in [3.8, 4) is 11.4 Å². The molecule has 4 aromatic rings. The van der Waals surface area contributed by atoms with Crippen LogP contribution < -0.4 is 0 Å². The van der Waals surface area contributed by atoms with Crippen LogP contribution in [0, 0.1) is 6.92 Å². The maximum atomic E-state index is 12.8. The van der Waals surface area contributed by atoms with E-state index in [4.69, 9.17) is 0 Å². The van der Waals surface area contributed by atoms with Crippen molar-refractivity contribution in [1.29, 1.82) is 0 Å². The number of nitrogens with zero attached hydrogens (tertiary/aromatic N) is 4. The highest BCUT2D eigenvalue weighted by Gasteiger charge is 2.20. The molecule has 124 valence electrons. The van der Waals surface area contributed by atoms with Crippen molar-refractivity contribution < 1.29 is 8.42 Å². The molecule has 0 fully saturated rings. The lowest BCUT2D eigenvalue weighted by molar-refractivity contribution is 0.592. The smallest absolute Gasteiger partial charge is 0.223 e. The molecule has 0 spiro atoms. The second kappa shape index (κ2) is 5.78. The molecule has 7 heteroatoms.